The highest BCUT2D eigenvalue weighted by atomic mass is 79.9. The van der Waals surface area contributed by atoms with Gasteiger partial charge in [0.1, 0.15) is 5.75 Å². The highest BCUT2D eigenvalue weighted by molar-refractivity contribution is 9.10. The summed E-state index contributed by atoms with van der Waals surface area (Å²) in [5.41, 5.74) is 0.694. The van der Waals surface area contributed by atoms with Crippen LogP contribution in [0.1, 0.15) is 19.4 Å². The van der Waals surface area contributed by atoms with E-state index in [9.17, 15) is 8.42 Å². The summed E-state index contributed by atoms with van der Waals surface area (Å²) in [4.78, 5) is 0. The van der Waals surface area contributed by atoms with Crippen molar-refractivity contribution in [1.82, 2.24) is 0 Å². The molecule has 1 aromatic carbocycles. The van der Waals surface area contributed by atoms with Crippen molar-refractivity contribution in [2.45, 2.75) is 24.9 Å². The molecule has 5 heteroatoms. The fraction of sp³-hybridized carbons (Fsp3) is 0.455. The Morgan fingerprint density at radius 3 is 2.50 bits per heavy atom. The van der Waals surface area contributed by atoms with Crippen LogP contribution in [0.25, 0.3) is 0 Å². The molecule has 16 heavy (non-hydrogen) atoms. The van der Waals surface area contributed by atoms with Gasteiger partial charge in [0.2, 0.25) is 0 Å². The third kappa shape index (κ3) is 3.22. The molecule has 0 saturated heterocycles. The zero-order valence-electron chi connectivity index (χ0n) is 9.53. The summed E-state index contributed by atoms with van der Waals surface area (Å²) in [6.07, 6.45) is 0. The van der Waals surface area contributed by atoms with Gasteiger partial charge in [0, 0.05) is 10.0 Å². The maximum atomic E-state index is 11.8. The molecular weight excluding hydrogens is 292 g/mol. The third-order valence-electron chi connectivity index (χ3n) is 2.32. The number of ether oxygens (including phenoxy) is 1. The first-order valence-corrected chi connectivity index (χ1v) is 7.41. The molecular formula is C11H15BrO3S. The molecule has 0 aliphatic carbocycles. The van der Waals surface area contributed by atoms with Crippen molar-refractivity contribution in [3.8, 4) is 5.75 Å². The smallest absolute Gasteiger partial charge is 0.156 e. The monoisotopic (exact) mass is 306 g/mol. The molecule has 0 aliphatic heterocycles. The van der Waals surface area contributed by atoms with Crippen LogP contribution in [0.3, 0.4) is 0 Å². The number of methoxy groups -OCH3 is 1. The van der Waals surface area contributed by atoms with E-state index in [2.05, 4.69) is 15.9 Å². The van der Waals surface area contributed by atoms with Gasteiger partial charge < -0.3 is 4.74 Å². The predicted molar refractivity (Wildman–Crippen MR) is 68.5 cm³/mol. The van der Waals surface area contributed by atoms with Crippen LogP contribution < -0.4 is 4.74 Å². The van der Waals surface area contributed by atoms with Crippen LogP contribution in [0.2, 0.25) is 0 Å². The minimum absolute atomic E-state index is 0.0150. The van der Waals surface area contributed by atoms with E-state index in [1.54, 1.807) is 26.0 Å². The van der Waals surface area contributed by atoms with E-state index in [1.165, 1.54) is 7.11 Å². The lowest BCUT2D eigenvalue weighted by Gasteiger charge is -2.11. The van der Waals surface area contributed by atoms with E-state index in [4.69, 9.17) is 4.74 Å². The fourth-order valence-corrected chi connectivity index (χ4v) is 2.57. The van der Waals surface area contributed by atoms with Crippen LogP contribution in [0, 0.1) is 0 Å². The van der Waals surface area contributed by atoms with Gasteiger partial charge in [-0.1, -0.05) is 22.0 Å². The Labute approximate surface area is 105 Å². The lowest BCUT2D eigenvalue weighted by Crippen LogP contribution is -2.16. The largest absolute Gasteiger partial charge is 0.496 e. The lowest BCUT2D eigenvalue weighted by atomic mass is 10.2. The molecule has 0 radical (unpaired) electrons. The first-order chi connectivity index (χ1) is 7.36. The Balaban J connectivity index is 3.07. The highest BCUT2D eigenvalue weighted by Crippen LogP contribution is 2.26. The molecule has 0 spiro atoms. The van der Waals surface area contributed by atoms with Crippen molar-refractivity contribution in [1.29, 1.82) is 0 Å². The Kier molecular flexibility index (Phi) is 4.38. The van der Waals surface area contributed by atoms with Crippen LogP contribution in [0.5, 0.6) is 5.75 Å². The van der Waals surface area contributed by atoms with E-state index in [0.717, 1.165) is 4.47 Å². The van der Waals surface area contributed by atoms with Gasteiger partial charge in [-0.2, -0.15) is 0 Å². The zero-order chi connectivity index (χ0) is 12.3. The fourth-order valence-electron chi connectivity index (χ4n) is 1.22. The molecule has 90 valence electrons. The van der Waals surface area contributed by atoms with Crippen molar-refractivity contribution in [2.24, 2.45) is 0 Å². The first kappa shape index (κ1) is 13.5. The van der Waals surface area contributed by atoms with Crippen molar-refractivity contribution in [2.75, 3.05) is 7.11 Å². The Hall–Kier alpha value is -0.550. The summed E-state index contributed by atoms with van der Waals surface area (Å²) >= 11 is 3.32. The molecule has 0 aliphatic rings. The minimum atomic E-state index is -3.09. The third-order valence-corrected chi connectivity index (χ3v) is 4.97. The Morgan fingerprint density at radius 1 is 1.38 bits per heavy atom. The molecule has 3 nitrogen and oxygen atoms in total. The number of halogens is 1. The van der Waals surface area contributed by atoms with Gasteiger partial charge in [-0.05, 0) is 26.0 Å². The lowest BCUT2D eigenvalue weighted by molar-refractivity contribution is 0.410. The quantitative estimate of drug-likeness (QED) is 0.859. The van der Waals surface area contributed by atoms with Crippen LogP contribution in [-0.2, 0) is 15.6 Å². The number of hydrogen-bond acceptors (Lipinski definition) is 3. The molecule has 0 aromatic heterocycles. The zero-order valence-corrected chi connectivity index (χ0v) is 11.9. The maximum absolute atomic E-state index is 11.8. The van der Waals surface area contributed by atoms with Gasteiger partial charge in [0.05, 0.1) is 18.1 Å². The van der Waals surface area contributed by atoms with Crippen LogP contribution in [0.15, 0.2) is 22.7 Å². The topological polar surface area (TPSA) is 43.4 Å². The average Bonchev–Trinajstić information content (AvgIpc) is 2.20. The number of sulfone groups is 1. The Bertz CT molecular complexity index is 466. The van der Waals surface area contributed by atoms with Gasteiger partial charge >= 0.3 is 0 Å². The summed E-state index contributed by atoms with van der Waals surface area (Å²) in [6.45, 7) is 3.36. The molecule has 1 rings (SSSR count). The summed E-state index contributed by atoms with van der Waals surface area (Å²) in [7, 11) is -1.56. The van der Waals surface area contributed by atoms with Crippen molar-refractivity contribution < 1.29 is 13.2 Å². The molecule has 0 N–H and O–H groups in total. The molecule has 1 aromatic rings. The molecule has 0 amide bonds. The second kappa shape index (κ2) is 5.19. The Morgan fingerprint density at radius 2 is 2.00 bits per heavy atom. The van der Waals surface area contributed by atoms with Gasteiger partial charge in [-0.3, -0.25) is 0 Å². The van der Waals surface area contributed by atoms with E-state index < -0.39 is 9.84 Å². The minimum Gasteiger partial charge on any atom is -0.496 e. The normalized spacial score (nSPS) is 11.8. The van der Waals surface area contributed by atoms with Crippen molar-refractivity contribution >= 4 is 25.8 Å². The van der Waals surface area contributed by atoms with Gasteiger partial charge in [0.15, 0.2) is 9.84 Å². The number of hydrogen-bond donors (Lipinski definition) is 0. The summed E-state index contributed by atoms with van der Waals surface area (Å²) in [6, 6.07) is 5.35. The van der Waals surface area contributed by atoms with Crippen molar-refractivity contribution in [3.63, 3.8) is 0 Å². The second-order valence-electron chi connectivity index (χ2n) is 3.81. The molecule has 0 atom stereocenters. The summed E-state index contributed by atoms with van der Waals surface area (Å²) in [5, 5.41) is -0.374. The maximum Gasteiger partial charge on any atom is 0.156 e. The summed E-state index contributed by atoms with van der Waals surface area (Å²) < 4.78 is 29.6. The van der Waals surface area contributed by atoms with E-state index in [1.807, 2.05) is 6.07 Å². The molecule has 0 heterocycles. The highest BCUT2D eigenvalue weighted by Gasteiger charge is 2.19. The average molecular weight is 307 g/mol. The van der Waals surface area contributed by atoms with Gasteiger partial charge in [0.25, 0.3) is 0 Å². The molecule has 0 fully saturated rings. The van der Waals surface area contributed by atoms with Crippen LogP contribution >= 0.6 is 15.9 Å². The van der Waals surface area contributed by atoms with Crippen LogP contribution in [-0.4, -0.2) is 20.8 Å². The second-order valence-corrected chi connectivity index (χ2v) is 7.29. The number of rotatable bonds is 4. The van der Waals surface area contributed by atoms with Gasteiger partial charge in [-0.15, -0.1) is 0 Å². The van der Waals surface area contributed by atoms with E-state index in [0.29, 0.717) is 11.3 Å². The van der Waals surface area contributed by atoms with Crippen molar-refractivity contribution in [3.05, 3.63) is 28.2 Å². The van der Waals surface area contributed by atoms with Crippen LogP contribution in [0.4, 0.5) is 0 Å². The first-order valence-electron chi connectivity index (χ1n) is 4.91. The predicted octanol–water partition coefficient (Wildman–Crippen LogP) is 2.78. The molecule has 0 unspecified atom stereocenters. The standard InChI is InChI=1S/C11H15BrO3S/c1-8(2)16(13,14)7-9-4-5-10(12)6-11(9)15-3/h4-6,8H,7H2,1-3H3. The van der Waals surface area contributed by atoms with Gasteiger partial charge in [-0.25, -0.2) is 8.42 Å². The SMILES string of the molecule is COc1cc(Br)ccc1CS(=O)(=O)C(C)C. The van der Waals surface area contributed by atoms with E-state index in [-0.39, 0.29) is 11.0 Å². The summed E-state index contributed by atoms with van der Waals surface area (Å²) in [5.74, 6) is 0.611. The van der Waals surface area contributed by atoms with E-state index >= 15 is 0 Å². The molecule has 0 saturated carbocycles. The number of benzene rings is 1. The molecule has 0 bridgehead atoms.